The van der Waals surface area contributed by atoms with Crippen LogP contribution in [0.3, 0.4) is 0 Å². The highest BCUT2D eigenvalue weighted by atomic mass is 19.1. The molecule has 1 saturated heterocycles. The molecule has 2 rings (SSSR count). The molecule has 9 nitrogen and oxygen atoms in total. The van der Waals surface area contributed by atoms with Gasteiger partial charge in [0.05, 0.1) is 7.11 Å². The molecular weight excluding hydrogens is 371 g/mol. The van der Waals surface area contributed by atoms with Crippen LogP contribution >= 0.6 is 0 Å². The van der Waals surface area contributed by atoms with Gasteiger partial charge in [0.1, 0.15) is 5.54 Å². The minimum Gasteiger partial charge on any atom is -0.494 e. The van der Waals surface area contributed by atoms with Crippen molar-refractivity contribution in [1.29, 1.82) is 0 Å². The fourth-order valence-electron chi connectivity index (χ4n) is 2.43. The third kappa shape index (κ3) is 5.06. The van der Waals surface area contributed by atoms with Crippen molar-refractivity contribution in [2.45, 2.75) is 25.8 Å². The molecule has 1 aromatic rings. The summed E-state index contributed by atoms with van der Waals surface area (Å²) in [7, 11) is 1.34. The molecule has 0 aliphatic carbocycles. The number of benzene rings is 1. The van der Waals surface area contributed by atoms with E-state index in [2.05, 4.69) is 16.2 Å². The third-order valence-corrected chi connectivity index (χ3v) is 3.94. The minimum atomic E-state index is -1.01. The molecular formula is C18H21FN4O5. The van der Waals surface area contributed by atoms with Gasteiger partial charge in [-0.15, -0.1) is 0 Å². The summed E-state index contributed by atoms with van der Waals surface area (Å²) in [6, 6.07) is 3.61. The molecule has 1 heterocycles. The lowest BCUT2D eigenvalue weighted by atomic mass is 10.1. The average Bonchev–Trinajstić information content (AvgIpc) is 2.83. The van der Waals surface area contributed by atoms with Crippen LogP contribution in [0.1, 0.15) is 25.8 Å². The van der Waals surface area contributed by atoms with Crippen LogP contribution in [-0.2, 0) is 14.4 Å². The van der Waals surface area contributed by atoms with Crippen LogP contribution in [0.2, 0.25) is 0 Å². The largest absolute Gasteiger partial charge is 0.494 e. The predicted molar refractivity (Wildman–Crippen MR) is 97.2 cm³/mol. The van der Waals surface area contributed by atoms with Gasteiger partial charge in [-0.2, -0.15) is 0 Å². The number of rotatable bonds is 6. The maximum Gasteiger partial charge on any atom is 0.325 e. The smallest absolute Gasteiger partial charge is 0.325 e. The number of nitrogens with one attached hydrogen (secondary N) is 3. The standard InChI is InChI=1S/C18H21FN4O5/c1-18(2)16(26)23(17(27)20-18)9-8-15(25)22-21-14(24)7-5-11-4-6-13(28-3)12(19)10-11/h4-7,10H,8-9H2,1-3H3,(H,20,27)(H,21,24)(H,22,25)/b7-5+. The molecule has 0 aromatic heterocycles. The van der Waals surface area contributed by atoms with Crippen molar-refractivity contribution >= 4 is 29.8 Å². The number of nitrogens with zero attached hydrogens (tertiary/aromatic N) is 1. The molecule has 5 amide bonds. The molecule has 0 radical (unpaired) electrons. The fourth-order valence-corrected chi connectivity index (χ4v) is 2.43. The number of ether oxygens (including phenoxy) is 1. The number of carbonyl (C=O) groups is 4. The lowest BCUT2D eigenvalue weighted by molar-refractivity contribution is -0.131. The Hall–Kier alpha value is -3.43. The molecule has 0 unspecified atom stereocenters. The van der Waals surface area contributed by atoms with Crippen molar-refractivity contribution in [3.63, 3.8) is 0 Å². The van der Waals surface area contributed by atoms with E-state index in [1.54, 1.807) is 19.9 Å². The summed E-state index contributed by atoms with van der Waals surface area (Å²) in [5.41, 5.74) is 3.75. The van der Waals surface area contributed by atoms with Crippen LogP contribution in [0.25, 0.3) is 6.08 Å². The lowest BCUT2D eigenvalue weighted by Gasteiger charge is -2.15. The van der Waals surface area contributed by atoms with Crippen LogP contribution in [0.15, 0.2) is 24.3 Å². The van der Waals surface area contributed by atoms with Gasteiger partial charge in [0.25, 0.3) is 11.8 Å². The summed E-state index contributed by atoms with van der Waals surface area (Å²) in [6.07, 6.45) is 2.30. The molecule has 28 heavy (non-hydrogen) atoms. The van der Waals surface area contributed by atoms with Gasteiger partial charge in [0.15, 0.2) is 11.6 Å². The number of urea groups is 1. The summed E-state index contributed by atoms with van der Waals surface area (Å²) in [5, 5.41) is 2.50. The number of carbonyl (C=O) groups excluding carboxylic acids is 4. The zero-order valence-corrected chi connectivity index (χ0v) is 15.7. The maximum absolute atomic E-state index is 13.6. The normalized spacial score (nSPS) is 15.5. The first kappa shape index (κ1) is 20.9. The van der Waals surface area contributed by atoms with Crippen molar-refractivity contribution in [3.8, 4) is 5.75 Å². The molecule has 0 spiro atoms. The van der Waals surface area contributed by atoms with E-state index in [0.717, 1.165) is 11.0 Å². The number of hydrogen-bond acceptors (Lipinski definition) is 5. The number of halogens is 1. The van der Waals surface area contributed by atoms with E-state index >= 15 is 0 Å². The van der Waals surface area contributed by atoms with Gasteiger partial charge in [-0.3, -0.25) is 30.1 Å². The summed E-state index contributed by atoms with van der Waals surface area (Å²) < 4.78 is 18.4. The summed E-state index contributed by atoms with van der Waals surface area (Å²) in [4.78, 5) is 48.2. The molecule has 0 atom stereocenters. The number of amides is 5. The molecule has 3 N–H and O–H groups in total. The predicted octanol–water partition coefficient (Wildman–Crippen LogP) is 0.715. The second-order valence-electron chi connectivity index (χ2n) is 6.53. The lowest BCUT2D eigenvalue weighted by Crippen LogP contribution is -2.43. The van der Waals surface area contributed by atoms with Gasteiger partial charge in [-0.05, 0) is 37.6 Å². The Morgan fingerprint density at radius 1 is 1.29 bits per heavy atom. The van der Waals surface area contributed by atoms with Gasteiger partial charge < -0.3 is 10.1 Å². The average molecular weight is 392 g/mol. The van der Waals surface area contributed by atoms with Crippen molar-refractivity contribution in [2.75, 3.05) is 13.7 Å². The van der Waals surface area contributed by atoms with Crippen LogP contribution in [-0.4, -0.2) is 47.8 Å². The van der Waals surface area contributed by atoms with Crippen molar-refractivity contribution in [3.05, 3.63) is 35.7 Å². The first-order chi connectivity index (χ1) is 13.1. The molecule has 1 aliphatic heterocycles. The molecule has 1 aliphatic rings. The van der Waals surface area contributed by atoms with E-state index < -0.39 is 35.1 Å². The monoisotopic (exact) mass is 392 g/mol. The molecule has 0 bridgehead atoms. The number of imide groups is 1. The maximum atomic E-state index is 13.6. The highest BCUT2D eigenvalue weighted by Crippen LogP contribution is 2.18. The second-order valence-corrected chi connectivity index (χ2v) is 6.53. The molecule has 1 aromatic carbocycles. The van der Waals surface area contributed by atoms with Gasteiger partial charge in [0, 0.05) is 19.0 Å². The summed E-state index contributed by atoms with van der Waals surface area (Å²) in [6.45, 7) is 3.01. The first-order valence-electron chi connectivity index (χ1n) is 8.38. The molecule has 10 heteroatoms. The van der Waals surface area contributed by atoms with Crippen molar-refractivity contribution in [2.24, 2.45) is 0 Å². The number of hydrogen-bond donors (Lipinski definition) is 3. The zero-order valence-electron chi connectivity index (χ0n) is 15.7. The topological polar surface area (TPSA) is 117 Å². The van der Waals surface area contributed by atoms with E-state index in [1.165, 1.54) is 25.3 Å². The van der Waals surface area contributed by atoms with E-state index in [1.807, 2.05) is 0 Å². The second kappa shape index (κ2) is 8.51. The Morgan fingerprint density at radius 3 is 2.57 bits per heavy atom. The number of hydrazine groups is 1. The van der Waals surface area contributed by atoms with Crippen LogP contribution in [0.4, 0.5) is 9.18 Å². The van der Waals surface area contributed by atoms with Gasteiger partial charge in [0.2, 0.25) is 5.91 Å². The highest BCUT2D eigenvalue weighted by molar-refractivity contribution is 6.06. The van der Waals surface area contributed by atoms with Gasteiger partial charge in [-0.25, -0.2) is 9.18 Å². The van der Waals surface area contributed by atoms with Crippen LogP contribution in [0, 0.1) is 5.82 Å². The summed E-state index contributed by atoms with van der Waals surface area (Å²) >= 11 is 0. The van der Waals surface area contributed by atoms with E-state index in [-0.39, 0.29) is 18.7 Å². The summed E-state index contributed by atoms with van der Waals surface area (Å²) in [5.74, 6) is -2.13. The van der Waals surface area contributed by atoms with Crippen molar-refractivity contribution < 1.29 is 28.3 Å². The third-order valence-electron chi connectivity index (χ3n) is 3.94. The van der Waals surface area contributed by atoms with E-state index in [4.69, 9.17) is 4.74 Å². The molecule has 150 valence electrons. The van der Waals surface area contributed by atoms with Gasteiger partial charge >= 0.3 is 6.03 Å². The first-order valence-corrected chi connectivity index (χ1v) is 8.38. The highest BCUT2D eigenvalue weighted by Gasteiger charge is 2.43. The zero-order chi connectivity index (χ0) is 20.9. The number of methoxy groups -OCH3 is 1. The van der Waals surface area contributed by atoms with Crippen LogP contribution < -0.4 is 20.9 Å². The quantitative estimate of drug-likeness (QED) is 0.375. The Labute approximate surface area is 160 Å². The Balaban J connectivity index is 1.78. The van der Waals surface area contributed by atoms with Crippen molar-refractivity contribution in [1.82, 2.24) is 21.1 Å². The van der Waals surface area contributed by atoms with E-state index in [0.29, 0.717) is 5.56 Å². The molecule has 1 fully saturated rings. The fraction of sp³-hybridized carbons (Fsp3) is 0.333. The Bertz CT molecular complexity index is 837. The van der Waals surface area contributed by atoms with Crippen LogP contribution in [0.5, 0.6) is 5.75 Å². The Kier molecular flexibility index (Phi) is 6.34. The minimum absolute atomic E-state index is 0.0856. The van der Waals surface area contributed by atoms with Gasteiger partial charge in [-0.1, -0.05) is 6.07 Å². The molecule has 0 saturated carbocycles. The SMILES string of the molecule is COc1ccc(/C=C/C(=O)NNC(=O)CCN2C(=O)NC(C)(C)C2=O)cc1F. The Morgan fingerprint density at radius 2 is 2.00 bits per heavy atom. The van der Waals surface area contributed by atoms with E-state index in [9.17, 15) is 23.6 Å².